The minimum atomic E-state index is -3.53. The molecule has 0 radical (unpaired) electrons. The van der Waals surface area contributed by atoms with Crippen LogP contribution in [0.1, 0.15) is 47.4 Å². The summed E-state index contributed by atoms with van der Waals surface area (Å²) in [6.07, 6.45) is 6.35. The molecule has 0 unspecified atom stereocenters. The molecule has 1 aliphatic carbocycles. The molecule has 0 atom stereocenters. The minimum absolute atomic E-state index is 0.215. The predicted molar refractivity (Wildman–Crippen MR) is 138 cm³/mol. The molecule has 3 N–H and O–H groups in total. The summed E-state index contributed by atoms with van der Waals surface area (Å²) in [7, 11) is -2.02. The second kappa shape index (κ2) is 10.5. The van der Waals surface area contributed by atoms with Crippen LogP contribution in [0.25, 0.3) is 0 Å². The number of benzene rings is 1. The quantitative estimate of drug-likeness (QED) is 0.348. The van der Waals surface area contributed by atoms with Gasteiger partial charge in [0.15, 0.2) is 0 Å². The van der Waals surface area contributed by atoms with Gasteiger partial charge in [-0.25, -0.2) is 28.8 Å². The van der Waals surface area contributed by atoms with Gasteiger partial charge in [-0.1, -0.05) is 6.07 Å². The molecule has 11 nitrogen and oxygen atoms in total. The molecule has 1 amide bonds. The van der Waals surface area contributed by atoms with Crippen LogP contribution in [0.4, 0.5) is 28.7 Å². The Bertz CT molecular complexity index is 1380. The Hall–Kier alpha value is -3.77. The maximum absolute atomic E-state index is 12.8. The monoisotopic (exact) mass is 511 g/mol. The number of hydrogen-bond donors (Lipinski definition) is 3. The number of nitrogens with one attached hydrogen (secondary N) is 3. The van der Waals surface area contributed by atoms with Crippen LogP contribution in [0, 0.1) is 6.92 Å². The fraction of sp³-hybridized carbons (Fsp3) is 0.333. The topological polar surface area (TPSA) is 138 Å². The van der Waals surface area contributed by atoms with Gasteiger partial charge in [-0.05, 0) is 56.4 Å². The largest absolute Gasteiger partial charge is 0.353 e. The summed E-state index contributed by atoms with van der Waals surface area (Å²) in [4.78, 5) is 30.6. The number of hydrogen-bond acceptors (Lipinski definition) is 9. The zero-order valence-corrected chi connectivity index (χ0v) is 21.4. The van der Waals surface area contributed by atoms with Crippen LogP contribution in [0.15, 0.2) is 42.7 Å². The van der Waals surface area contributed by atoms with Crippen LogP contribution in [-0.2, 0) is 14.9 Å². The Morgan fingerprint density at radius 1 is 1.11 bits per heavy atom. The van der Waals surface area contributed by atoms with E-state index < -0.39 is 15.9 Å². The van der Waals surface area contributed by atoms with Crippen LogP contribution < -0.4 is 20.4 Å². The molecule has 190 valence electrons. The molecule has 0 bridgehead atoms. The van der Waals surface area contributed by atoms with Gasteiger partial charge in [-0.15, -0.1) is 0 Å². The third-order valence-electron chi connectivity index (χ3n) is 5.67. The van der Waals surface area contributed by atoms with Gasteiger partial charge >= 0.3 is 0 Å². The van der Waals surface area contributed by atoms with Crippen molar-refractivity contribution in [3.63, 3.8) is 0 Å². The molecule has 1 aromatic carbocycles. The number of carbonyl (C=O) groups excluding carboxylic acids is 1. The molecule has 12 heteroatoms. The number of hydroxylamine groups is 1. The van der Waals surface area contributed by atoms with Crippen LogP contribution in [-0.4, -0.2) is 49.2 Å². The smallest absolute Gasteiger partial charge is 0.278 e. The summed E-state index contributed by atoms with van der Waals surface area (Å²) >= 11 is 0. The molecule has 0 saturated heterocycles. The Morgan fingerprint density at radius 3 is 2.56 bits per heavy atom. The fourth-order valence-corrected chi connectivity index (χ4v) is 4.08. The molecular weight excluding hydrogens is 482 g/mol. The van der Waals surface area contributed by atoms with Gasteiger partial charge in [0.25, 0.3) is 5.91 Å². The van der Waals surface area contributed by atoms with Gasteiger partial charge < -0.3 is 10.6 Å². The molecule has 36 heavy (non-hydrogen) atoms. The van der Waals surface area contributed by atoms with E-state index in [0.717, 1.165) is 24.7 Å². The third kappa shape index (κ3) is 6.07. The molecule has 0 spiro atoms. The fourth-order valence-electron chi connectivity index (χ4n) is 3.57. The van der Waals surface area contributed by atoms with E-state index in [1.807, 2.05) is 18.2 Å². The van der Waals surface area contributed by atoms with Crippen molar-refractivity contribution in [2.45, 2.75) is 32.6 Å². The van der Waals surface area contributed by atoms with Gasteiger partial charge in [0.05, 0.1) is 35.5 Å². The van der Waals surface area contributed by atoms with Crippen molar-refractivity contribution in [3.8, 4) is 0 Å². The maximum atomic E-state index is 12.8. The highest BCUT2D eigenvalue weighted by molar-refractivity contribution is 7.92. The maximum Gasteiger partial charge on any atom is 0.278 e. The molecule has 2 heterocycles. The first-order valence-corrected chi connectivity index (χ1v) is 13.3. The standard InChI is InChI=1S/C24H29N7O4S/c1-5-35-30-24(32)18-14-26-23(29-22-10-11-25-15(2)27-22)13-20(18)28-19-9-8-17(16-6-7-16)12-21(19)31(3)36(4,33)34/h8-14,16H,5-7H2,1-4H3,(H,30,32)(H2,25,26,27,28,29). The molecule has 1 saturated carbocycles. The number of nitrogens with zero attached hydrogens (tertiary/aromatic N) is 4. The Labute approximate surface area is 210 Å². The summed E-state index contributed by atoms with van der Waals surface area (Å²) in [5.74, 6) is 1.50. The van der Waals surface area contributed by atoms with Crippen molar-refractivity contribution in [1.29, 1.82) is 0 Å². The van der Waals surface area contributed by atoms with E-state index in [1.54, 1.807) is 32.2 Å². The third-order valence-corrected chi connectivity index (χ3v) is 6.86. The second-order valence-electron chi connectivity index (χ2n) is 8.50. The van der Waals surface area contributed by atoms with E-state index in [0.29, 0.717) is 47.0 Å². The van der Waals surface area contributed by atoms with E-state index in [-0.39, 0.29) is 5.56 Å². The van der Waals surface area contributed by atoms with E-state index in [2.05, 4.69) is 31.1 Å². The first-order chi connectivity index (χ1) is 17.2. The second-order valence-corrected chi connectivity index (χ2v) is 10.5. The minimum Gasteiger partial charge on any atom is -0.353 e. The SMILES string of the molecule is CCONC(=O)c1cnc(Nc2ccnc(C)n2)cc1Nc1ccc(C2CC2)cc1N(C)S(C)(=O)=O. The molecular formula is C24H29N7O4S. The molecule has 2 aromatic heterocycles. The van der Waals surface area contributed by atoms with Crippen molar-refractivity contribution in [2.75, 3.05) is 34.8 Å². The van der Waals surface area contributed by atoms with E-state index >= 15 is 0 Å². The average molecular weight is 512 g/mol. The predicted octanol–water partition coefficient (Wildman–Crippen LogP) is 3.62. The van der Waals surface area contributed by atoms with Crippen molar-refractivity contribution < 1.29 is 18.0 Å². The van der Waals surface area contributed by atoms with Gasteiger partial charge in [0.1, 0.15) is 17.5 Å². The van der Waals surface area contributed by atoms with Gasteiger partial charge in [-0.2, -0.15) is 0 Å². The Kier molecular flexibility index (Phi) is 7.36. The van der Waals surface area contributed by atoms with Crippen molar-refractivity contribution in [1.82, 2.24) is 20.4 Å². The lowest BCUT2D eigenvalue weighted by Crippen LogP contribution is -2.26. The summed E-state index contributed by atoms with van der Waals surface area (Å²) in [6, 6.07) is 9.04. The van der Waals surface area contributed by atoms with Gasteiger partial charge in [0.2, 0.25) is 10.0 Å². The number of aryl methyl sites for hydroxylation is 1. The van der Waals surface area contributed by atoms with E-state index in [1.165, 1.54) is 17.5 Å². The average Bonchev–Trinajstić information content (AvgIpc) is 3.67. The summed E-state index contributed by atoms with van der Waals surface area (Å²) in [6.45, 7) is 3.82. The first-order valence-electron chi connectivity index (χ1n) is 11.5. The van der Waals surface area contributed by atoms with Gasteiger partial charge in [0, 0.05) is 25.5 Å². The lowest BCUT2D eigenvalue weighted by atomic mass is 10.1. The summed E-state index contributed by atoms with van der Waals surface area (Å²) in [5, 5.41) is 6.34. The number of rotatable bonds is 10. The van der Waals surface area contributed by atoms with Crippen LogP contribution in [0.2, 0.25) is 0 Å². The molecule has 0 aliphatic heterocycles. The lowest BCUT2D eigenvalue weighted by Gasteiger charge is -2.23. The number of amides is 1. The highest BCUT2D eigenvalue weighted by Crippen LogP contribution is 2.43. The number of sulfonamides is 1. The van der Waals surface area contributed by atoms with Gasteiger partial charge in [-0.3, -0.25) is 13.9 Å². The number of pyridine rings is 1. The molecule has 3 aromatic rings. The highest BCUT2D eigenvalue weighted by Gasteiger charge is 2.26. The van der Waals surface area contributed by atoms with E-state index in [4.69, 9.17) is 4.84 Å². The normalized spacial score (nSPS) is 13.2. The Morgan fingerprint density at radius 2 is 1.89 bits per heavy atom. The first kappa shape index (κ1) is 25.3. The number of aromatic nitrogens is 3. The van der Waals surface area contributed by atoms with Crippen molar-refractivity contribution in [3.05, 3.63) is 59.7 Å². The lowest BCUT2D eigenvalue weighted by molar-refractivity contribution is 0.0365. The van der Waals surface area contributed by atoms with Crippen LogP contribution in [0.3, 0.4) is 0 Å². The number of anilines is 5. The molecule has 1 fully saturated rings. The zero-order chi connectivity index (χ0) is 25.9. The summed E-state index contributed by atoms with van der Waals surface area (Å²) < 4.78 is 26.0. The Balaban J connectivity index is 1.74. The highest BCUT2D eigenvalue weighted by atomic mass is 32.2. The van der Waals surface area contributed by atoms with Crippen molar-refractivity contribution in [2.24, 2.45) is 0 Å². The van der Waals surface area contributed by atoms with E-state index in [9.17, 15) is 13.2 Å². The van der Waals surface area contributed by atoms with Crippen LogP contribution in [0.5, 0.6) is 0 Å². The molecule has 4 rings (SSSR count). The summed E-state index contributed by atoms with van der Waals surface area (Å²) in [5.41, 5.74) is 5.08. The number of carbonyl (C=O) groups is 1. The van der Waals surface area contributed by atoms with Crippen molar-refractivity contribution >= 4 is 44.6 Å². The zero-order valence-electron chi connectivity index (χ0n) is 20.6. The molecule has 1 aliphatic rings. The van der Waals surface area contributed by atoms with Crippen LogP contribution >= 0.6 is 0 Å².